The standard InChI is InChI=1S/C20H20N2O2/c1-12-11-17(22(23)24)20-18(13(12)2)15-9-6-10-16(15)19(21-20)14-7-4-3-5-8-14/h3-9,11,15-16,19,21H,10H2,1-2H3/t15-,16-,19-/m1/s1. The lowest BCUT2D eigenvalue weighted by molar-refractivity contribution is -0.384. The SMILES string of the molecule is Cc1cc([N+](=O)[O-])c2c(c1C)[C@@H]1C=CC[C@H]1[C@@H](c1ccccc1)N2. The highest BCUT2D eigenvalue weighted by Crippen LogP contribution is 2.53. The first-order valence-electron chi connectivity index (χ1n) is 8.34. The van der Waals surface area contributed by atoms with Gasteiger partial charge in [0, 0.05) is 12.0 Å². The van der Waals surface area contributed by atoms with Crippen LogP contribution in [0.1, 0.15) is 40.6 Å². The summed E-state index contributed by atoms with van der Waals surface area (Å²) in [6.07, 6.45) is 5.45. The van der Waals surface area contributed by atoms with Crippen LogP contribution in [-0.2, 0) is 0 Å². The zero-order valence-corrected chi connectivity index (χ0v) is 13.8. The van der Waals surface area contributed by atoms with Crippen LogP contribution in [0.25, 0.3) is 0 Å². The van der Waals surface area contributed by atoms with Crippen LogP contribution in [0.5, 0.6) is 0 Å². The van der Waals surface area contributed by atoms with E-state index in [0.717, 1.165) is 23.1 Å². The maximum absolute atomic E-state index is 11.6. The number of hydrogen-bond acceptors (Lipinski definition) is 3. The Morgan fingerprint density at radius 3 is 2.67 bits per heavy atom. The summed E-state index contributed by atoms with van der Waals surface area (Å²) < 4.78 is 0. The van der Waals surface area contributed by atoms with Crippen LogP contribution in [0.4, 0.5) is 11.4 Å². The normalized spacial score (nSPS) is 24.2. The van der Waals surface area contributed by atoms with E-state index in [1.165, 1.54) is 5.56 Å². The zero-order chi connectivity index (χ0) is 16.8. The average Bonchev–Trinajstić information content (AvgIpc) is 3.07. The number of rotatable bonds is 2. The Hall–Kier alpha value is -2.62. The quantitative estimate of drug-likeness (QED) is 0.479. The molecule has 1 N–H and O–H groups in total. The molecule has 24 heavy (non-hydrogen) atoms. The highest BCUT2D eigenvalue weighted by atomic mass is 16.6. The molecule has 122 valence electrons. The van der Waals surface area contributed by atoms with Crippen molar-refractivity contribution >= 4 is 11.4 Å². The van der Waals surface area contributed by atoms with Gasteiger partial charge in [-0.25, -0.2) is 0 Å². The van der Waals surface area contributed by atoms with Crippen molar-refractivity contribution < 1.29 is 4.92 Å². The molecule has 1 aliphatic heterocycles. The maximum Gasteiger partial charge on any atom is 0.292 e. The third kappa shape index (κ3) is 2.13. The molecular weight excluding hydrogens is 300 g/mol. The van der Waals surface area contributed by atoms with Gasteiger partial charge >= 0.3 is 0 Å². The number of aryl methyl sites for hydroxylation is 1. The second-order valence-corrected chi connectivity index (χ2v) is 6.77. The van der Waals surface area contributed by atoms with Crippen molar-refractivity contribution in [2.45, 2.75) is 32.2 Å². The predicted octanol–water partition coefficient (Wildman–Crippen LogP) is 5.04. The summed E-state index contributed by atoms with van der Waals surface area (Å²) in [5.74, 6) is 0.644. The number of nitrogens with zero attached hydrogens (tertiary/aromatic N) is 1. The molecule has 4 rings (SSSR count). The summed E-state index contributed by atoms with van der Waals surface area (Å²) >= 11 is 0. The van der Waals surface area contributed by atoms with Crippen molar-refractivity contribution in [1.82, 2.24) is 0 Å². The molecule has 2 aromatic rings. The lowest BCUT2D eigenvalue weighted by atomic mass is 9.74. The zero-order valence-electron chi connectivity index (χ0n) is 13.8. The number of hydrogen-bond donors (Lipinski definition) is 1. The smallest absolute Gasteiger partial charge is 0.292 e. The summed E-state index contributed by atoms with van der Waals surface area (Å²) in [6, 6.07) is 12.1. The highest BCUT2D eigenvalue weighted by Gasteiger charge is 2.41. The van der Waals surface area contributed by atoms with Gasteiger partial charge in [0.1, 0.15) is 5.69 Å². The van der Waals surface area contributed by atoms with Crippen LogP contribution in [0.15, 0.2) is 48.6 Å². The second kappa shape index (κ2) is 5.48. The summed E-state index contributed by atoms with van der Waals surface area (Å²) in [4.78, 5) is 11.4. The van der Waals surface area contributed by atoms with Crippen LogP contribution in [0, 0.1) is 29.9 Å². The van der Waals surface area contributed by atoms with Crippen LogP contribution >= 0.6 is 0 Å². The first kappa shape index (κ1) is 14.9. The number of fused-ring (bicyclic) bond motifs is 3. The number of nitro groups is 1. The molecule has 0 saturated carbocycles. The highest BCUT2D eigenvalue weighted by molar-refractivity contribution is 5.74. The summed E-state index contributed by atoms with van der Waals surface area (Å²) in [6.45, 7) is 4.03. The lowest BCUT2D eigenvalue weighted by Crippen LogP contribution is -2.30. The van der Waals surface area contributed by atoms with E-state index >= 15 is 0 Å². The van der Waals surface area contributed by atoms with Gasteiger partial charge in [0.15, 0.2) is 0 Å². The molecule has 4 nitrogen and oxygen atoms in total. The van der Waals surface area contributed by atoms with E-state index in [4.69, 9.17) is 0 Å². The van der Waals surface area contributed by atoms with E-state index in [2.05, 4.69) is 36.5 Å². The molecular formula is C20H20N2O2. The Bertz CT molecular complexity index is 842. The average molecular weight is 320 g/mol. The fourth-order valence-corrected chi connectivity index (χ4v) is 4.21. The van der Waals surface area contributed by atoms with Gasteiger partial charge in [-0.3, -0.25) is 10.1 Å². The van der Waals surface area contributed by atoms with Crippen molar-refractivity contribution in [1.29, 1.82) is 0 Å². The molecule has 1 aliphatic carbocycles. The van der Waals surface area contributed by atoms with Crippen molar-refractivity contribution in [2.75, 3.05) is 5.32 Å². The van der Waals surface area contributed by atoms with E-state index in [1.807, 2.05) is 25.1 Å². The van der Waals surface area contributed by atoms with Crippen LogP contribution in [0.2, 0.25) is 0 Å². The first-order valence-corrected chi connectivity index (χ1v) is 8.34. The van der Waals surface area contributed by atoms with E-state index in [0.29, 0.717) is 11.6 Å². The molecule has 0 fully saturated rings. The predicted molar refractivity (Wildman–Crippen MR) is 95.4 cm³/mol. The number of allylic oxidation sites excluding steroid dienone is 2. The molecule has 4 heteroatoms. The molecule has 2 aromatic carbocycles. The molecule has 0 spiro atoms. The number of nitrogens with one attached hydrogen (secondary N) is 1. The molecule has 3 atom stereocenters. The van der Waals surface area contributed by atoms with Gasteiger partial charge in [-0.1, -0.05) is 42.5 Å². The summed E-state index contributed by atoms with van der Waals surface area (Å²) in [5, 5.41) is 15.1. The number of anilines is 1. The molecule has 0 aromatic heterocycles. The minimum Gasteiger partial charge on any atom is -0.372 e. The Morgan fingerprint density at radius 2 is 1.96 bits per heavy atom. The van der Waals surface area contributed by atoms with Gasteiger partial charge < -0.3 is 5.32 Å². The topological polar surface area (TPSA) is 55.2 Å². The monoisotopic (exact) mass is 320 g/mol. The lowest BCUT2D eigenvalue weighted by Gasteiger charge is -2.38. The van der Waals surface area contributed by atoms with Gasteiger partial charge in [-0.2, -0.15) is 0 Å². The molecule has 2 aliphatic rings. The van der Waals surface area contributed by atoms with Gasteiger partial charge in [-0.05, 0) is 48.4 Å². The molecule has 0 amide bonds. The molecule has 1 heterocycles. The second-order valence-electron chi connectivity index (χ2n) is 6.77. The Morgan fingerprint density at radius 1 is 1.21 bits per heavy atom. The fraction of sp³-hybridized carbons (Fsp3) is 0.300. The van der Waals surface area contributed by atoms with Crippen molar-refractivity contribution in [3.8, 4) is 0 Å². The minimum absolute atomic E-state index is 0.0968. The van der Waals surface area contributed by atoms with Crippen molar-refractivity contribution in [3.05, 3.63) is 80.9 Å². The fourth-order valence-electron chi connectivity index (χ4n) is 4.21. The number of benzene rings is 2. The van der Waals surface area contributed by atoms with Crippen molar-refractivity contribution in [2.24, 2.45) is 5.92 Å². The van der Waals surface area contributed by atoms with Gasteiger partial charge in [0.25, 0.3) is 5.69 Å². The molecule has 0 unspecified atom stereocenters. The van der Waals surface area contributed by atoms with Crippen LogP contribution < -0.4 is 5.32 Å². The van der Waals surface area contributed by atoms with E-state index < -0.39 is 0 Å². The molecule has 0 bridgehead atoms. The van der Waals surface area contributed by atoms with Crippen molar-refractivity contribution in [3.63, 3.8) is 0 Å². The third-order valence-corrected chi connectivity index (χ3v) is 5.50. The minimum atomic E-state index is -0.265. The van der Waals surface area contributed by atoms with Crippen LogP contribution in [0.3, 0.4) is 0 Å². The summed E-state index contributed by atoms with van der Waals surface area (Å²) in [7, 11) is 0. The van der Waals surface area contributed by atoms with Crippen LogP contribution in [-0.4, -0.2) is 4.92 Å². The van der Waals surface area contributed by atoms with Gasteiger partial charge in [0.05, 0.1) is 11.0 Å². The molecule has 0 saturated heterocycles. The number of nitro benzene ring substituents is 1. The third-order valence-electron chi connectivity index (χ3n) is 5.50. The van der Waals surface area contributed by atoms with E-state index in [1.54, 1.807) is 6.07 Å². The molecule has 0 radical (unpaired) electrons. The Balaban J connectivity index is 1.92. The van der Waals surface area contributed by atoms with Gasteiger partial charge in [-0.15, -0.1) is 0 Å². The maximum atomic E-state index is 11.6. The first-order chi connectivity index (χ1) is 11.6. The summed E-state index contributed by atoms with van der Waals surface area (Å²) in [5.41, 5.74) is 5.33. The van der Waals surface area contributed by atoms with Gasteiger partial charge in [0.2, 0.25) is 0 Å². The van der Waals surface area contributed by atoms with E-state index in [-0.39, 0.29) is 22.6 Å². The van der Waals surface area contributed by atoms with E-state index in [9.17, 15) is 10.1 Å². The Labute approximate surface area is 141 Å². The largest absolute Gasteiger partial charge is 0.372 e. The Kier molecular flexibility index (Phi) is 3.41.